The van der Waals surface area contributed by atoms with Crippen LogP contribution in [-0.2, 0) is 11.2 Å². The minimum Gasteiger partial charge on any atom is -0.337 e. The molecule has 2 heterocycles. The van der Waals surface area contributed by atoms with E-state index < -0.39 is 11.9 Å². The number of anilines is 1. The summed E-state index contributed by atoms with van der Waals surface area (Å²) in [6.07, 6.45) is 0.559. The molecule has 2 N–H and O–H groups in total. The van der Waals surface area contributed by atoms with Crippen molar-refractivity contribution in [2.24, 2.45) is 11.8 Å². The van der Waals surface area contributed by atoms with Gasteiger partial charge in [0.25, 0.3) is 5.91 Å². The van der Waals surface area contributed by atoms with Crippen molar-refractivity contribution in [3.63, 3.8) is 0 Å². The first-order chi connectivity index (χ1) is 14.5. The number of aromatic amines is 1. The number of hydrogen-bond donors (Lipinski definition) is 2. The van der Waals surface area contributed by atoms with E-state index in [0.29, 0.717) is 18.2 Å². The number of nitrogens with one attached hydrogen (secondary N) is 2. The van der Waals surface area contributed by atoms with Crippen molar-refractivity contribution in [3.05, 3.63) is 77.4 Å². The summed E-state index contributed by atoms with van der Waals surface area (Å²) in [5.74, 6) is 0.809. The number of fused-ring (bicyclic) bond motifs is 3. The highest BCUT2D eigenvalue weighted by atomic mass is 16.2. The Bertz CT molecular complexity index is 1110. The number of rotatable bonds is 4. The van der Waals surface area contributed by atoms with Crippen LogP contribution in [0.15, 0.2) is 54.6 Å². The van der Waals surface area contributed by atoms with E-state index in [0.717, 1.165) is 11.3 Å². The number of carbonyl (C=O) groups excluding carboxylic acids is 2. The number of carbonyl (C=O) groups is 2. The molecule has 1 fully saturated rings. The Morgan fingerprint density at radius 3 is 2.67 bits per heavy atom. The minimum absolute atomic E-state index is 0.0583. The molecule has 0 saturated heterocycles. The quantitative estimate of drug-likeness (QED) is 0.703. The molecule has 1 aliphatic carbocycles. The summed E-state index contributed by atoms with van der Waals surface area (Å²) in [5, 5.41) is 9.82. The van der Waals surface area contributed by atoms with Crippen molar-refractivity contribution < 1.29 is 9.59 Å². The highest BCUT2D eigenvalue weighted by molar-refractivity contribution is 6.03. The third-order valence-corrected chi connectivity index (χ3v) is 6.32. The van der Waals surface area contributed by atoms with Crippen molar-refractivity contribution in [1.29, 1.82) is 0 Å². The number of para-hydroxylation sites is 1. The summed E-state index contributed by atoms with van der Waals surface area (Å²) in [7, 11) is 1.76. The number of amides is 2. The molecule has 2 amide bonds. The second-order valence-corrected chi connectivity index (χ2v) is 8.14. The van der Waals surface area contributed by atoms with Crippen LogP contribution < -0.4 is 10.2 Å². The summed E-state index contributed by atoms with van der Waals surface area (Å²) < 4.78 is 0. The lowest BCUT2D eigenvalue weighted by Gasteiger charge is -2.24. The molecule has 1 aromatic heterocycles. The number of aromatic nitrogens is 3. The Labute approximate surface area is 174 Å². The van der Waals surface area contributed by atoms with Gasteiger partial charge in [0, 0.05) is 19.2 Å². The van der Waals surface area contributed by atoms with Gasteiger partial charge in [0.05, 0.1) is 0 Å². The normalized spacial score (nSPS) is 24.6. The first-order valence-electron chi connectivity index (χ1n) is 10.2. The van der Waals surface area contributed by atoms with E-state index >= 15 is 0 Å². The van der Waals surface area contributed by atoms with Gasteiger partial charge in [-0.25, -0.2) is 4.98 Å². The molecule has 7 heteroatoms. The lowest BCUT2D eigenvalue weighted by molar-refractivity contribution is -0.120. The Morgan fingerprint density at radius 1 is 1.13 bits per heavy atom. The van der Waals surface area contributed by atoms with E-state index in [1.54, 1.807) is 11.9 Å². The summed E-state index contributed by atoms with van der Waals surface area (Å²) in [5.41, 5.74) is 3.17. The molecule has 0 radical (unpaired) electrons. The van der Waals surface area contributed by atoms with Gasteiger partial charge in [-0.2, -0.15) is 0 Å². The zero-order chi connectivity index (χ0) is 20.8. The molecule has 0 spiro atoms. The van der Waals surface area contributed by atoms with Crippen molar-refractivity contribution in [1.82, 2.24) is 20.5 Å². The fraction of sp³-hybridized carbons (Fsp3) is 0.304. The fourth-order valence-corrected chi connectivity index (χ4v) is 4.69. The molecular weight excluding hydrogens is 378 g/mol. The first kappa shape index (κ1) is 18.5. The average molecular weight is 401 g/mol. The smallest absolute Gasteiger partial charge is 0.291 e. The third-order valence-electron chi connectivity index (χ3n) is 6.32. The largest absolute Gasteiger partial charge is 0.337 e. The fourth-order valence-electron chi connectivity index (χ4n) is 4.69. The van der Waals surface area contributed by atoms with Crippen LogP contribution in [0.5, 0.6) is 0 Å². The Balaban J connectivity index is 1.35. The zero-order valence-corrected chi connectivity index (χ0v) is 16.9. The van der Waals surface area contributed by atoms with Gasteiger partial charge in [0.15, 0.2) is 0 Å². The van der Waals surface area contributed by atoms with Gasteiger partial charge in [-0.05, 0) is 34.9 Å². The van der Waals surface area contributed by atoms with Gasteiger partial charge in [-0.3, -0.25) is 14.7 Å². The average Bonchev–Trinajstić information content (AvgIpc) is 3.21. The van der Waals surface area contributed by atoms with Gasteiger partial charge < -0.3 is 10.2 Å². The standard InChI is InChI=1S/C23H23N5O2/c1-13-18-15-10-6-7-11-16(15)28(2)23(30)20(19(13)18)25-22(29)21-24-17(26-27-21)12-14-8-4-3-5-9-14/h3-11,13,18-20H,12H2,1-2H3,(H,25,29)(H,24,26,27)/t13-,18?,19?,20-/m0/s1. The highest BCUT2D eigenvalue weighted by Crippen LogP contribution is 2.59. The van der Waals surface area contributed by atoms with Crippen LogP contribution in [0.25, 0.3) is 0 Å². The van der Waals surface area contributed by atoms with E-state index in [1.165, 1.54) is 5.56 Å². The van der Waals surface area contributed by atoms with Crippen LogP contribution in [0.2, 0.25) is 0 Å². The van der Waals surface area contributed by atoms with E-state index in [2.05, 4.69) is 33.5 Å². The SMILES string of the molecule is C[C@H]1C2c3ccccc3N(C)C(=O)[C@@H](NC(=O)c3n[nH]c(Cc4ccccc4)n3)C21. The third kappa shape index (κ3) is 3.07. The van der Waals surface area contributed by atoms with Gasteiger partial charge >= 0.3 is 0 Å². The van der Waals surface area contributed by atoms with Crippen molar-refractivity contribution >= 4 is 17.5 Å². The molecule has 3 aromatic rings. The van der Waals surface area contributed by atoms with Gasteiger partial charge in [0.1, 0.15) is 11.9 Å². The Morgan fingerprint density at radius 2 is 1.87 bits per heavy atom. The molecule has 1 saturated carbocycles. The topological polar surface area (TPSA) is 91.0 Å². The molecule has 1 aliphatic heterocycles. The molecule has 152 valence electrons. The lowest BCUT2D eigenvalue weighted by Crippen LogP contribution is -2.49. The maximum atomic E-state index is 13.2. The predicted octanol–water partition coefficient (Wildman–Crippen LogP) is 2.52. The Hall–Kier alpha value is -3.48. The maximum Gasteiger partial charge on any atom is 0.291 e. The monoisotopic (exact) mass is 401 g/mol. The van der Waals surface area contributed by atoms with Crippen LogP contribution in [0.4, 0.5) is 5.69 Å². The van der Waals surface area contributed by atoms with Crippen molar-refractivity contribution in [3.8, 4) is 0 Å². The molecule has 2 aliphatic rings. The second-order valence-electron chi connectivity index (χ2n) is 8.14. The number of likely N-dealkylation sites (N-methyl/N-ethyl adjacent to an activating group) is 1. The van der Waals surface area contributed by atoms with Crippen molar-refractivity contribution in [2.45, 2.75) is 25.3 Å². The molecule has 4 atom stereocenters. The summed E-state index contributed by atoms with van der Waals surface area (Å²) >= 11 is 0. The van der Waals surface area contributed by atoms with E-state index in [1.807, 2.05) is 48.5 Å². The first-order valence-corrected chi connectivity index (χ1v) is 10.2. The van der Waals surface area contributed by atoms with E-state index in [4.69, 9.17) is 0 Å². The molecule has 5 rings (SSSR count). The molecule has 30 heavy (non-hydrogen) atoms. The van der Waals surface area contributed by atoms with Crippen LogP contribution in [0.3, 0.4) is 0 Å². The van der Waals surface area contributed by atoms with Crippen molar-refractivity contribution in [2.75, 3.05) is 11.9 Å². The molecule has 2 unspecified atom stereocenters. The number of H-pyrrole nitrogens is 1. The van der Waals surface area contributed by atoms with Crippen LogP contribution in [0, 0.1) is 11.8 Å². The summed E-state index contributed by atoms with van der Waals surface area (Å²) in [6, 6.07) is 17.2. The molecular formula is C23H23N5O2. The lowest BCUT2D eigenvalue weighted by atomic mass is 10.1. The Kier molecular flexibility index (Phi) is 4.38. The van der Waals surface area contributed by atoms with Crippen LogP contribution in [0.1, 0.15) is 40.4 Å². The van der Waals surface area contributed by atoms with Crippen LogP contribution >= 0.6 is 0 Å². The maximum absolute atomic E-state index is 13.2. The molecule has 7 nitrogen and oxygen atoms in total. The van der Waals surface area contributed by atoms with E-state index in [-0.39, 0.29) is 23.6 Å². The summed E-state index contributed by atoms with van der Waals surface area (Å²) in [6.45, 7) is 2.13. The van der Waals surface area contributed by atoms with Gasteiger partial charge in [0.2, 0.25) is 11.7 Å². The molecule has 2 aromatic carbocycles. The predicted molar refractivity (Wildman–Crippen MR) is 112 cm³/mol. The highest BCUT2D eigenvalue weighted by Gasteiger charge is 2.57. The molecule has 0 bridgehead atoms. The second kappa shape index (κ2) is 7.09. The van der Waals surface area contributed by atoms with E-state index in [9.17, 15) is 9.59 Å². The number of hydrogen-bond acceptors (Lipinski definition) is 4. The van der Waals surface area contributed by atoms with Gasteiger partial charge in [-0.15, -0.1) is 5.10 Å². The van der Waals surface area contributed by atoms with Gasteiger partial charge in [-0.1, -0.05) is 55.5 Å². The van der Waals surface area contributed by atoms with Crippen LogP contribution in [-0.4, -0.2) is 40.1 Å². The number of nitrogens with zero attached hydrogens (tertiary/aromatic N) is 3. The summed E-state index contributed by atoms with van der Waals surface area (Å²) in [4.78, 5) is 32.0. The minimum atomic E-state index is -0.592. The zero-order valence-electron chi connectivity index (χ0n) is 16.9. The number of benzene rings is 2.